The van der Waals surface area contributed by atoms with Gasteiger partial charge in [-0.05, 0) is 42.3 Å². The number of aromatic nitrogens is 3. The third-order valence-electron chi connectivity index (χ3n) is 4.60. The van der Waals surface area contributed by atoms with Crippen LogP contribution in [0.4, 0.5) is 0 Å². The van der Waals surface area contributed by atoms with Gasteiger partial charge >= 0.3 is 0 Å². The van der Waals surface area contributed by atoms with Gasteiger partial charge in [0.15, 0.2) is 5.65 Å². The Balaban J connectivity index is 1.99. The fraction of sp³-hybridized carbons (Fsp3) is 0.647. The molecule has 23 heavy (non-hydrogen) atoms. The molecule has 3 atom stereocenters. The van der Waals surface area contributed by atoms with Gasteiger partial charge in [0.1, 0.15) is 11.3 Å². The lowest BCUT2D eigenvalue weighted by Gasteiger charge is -2.40. The second kappa shape index (κ2) is 6.87. The Morgan fingerprint density at radius 2 is 2.04 bits per heavy atom. The van der Waals surface area contributed by atoms with Crippen LogP contribution in [0.5, 0.6) is 0 Å². The monoisotopic (exact) mass is 379 g/mol. The molecule has 0 saturated carbocycles. The number of hydrogen-bond donors (Lipinski definition) is 1. The van der Waals surface area contributed by atoms with E-state index in [0.29, 0.717) is 18.1 Å². The van der Waals surface area contributed by atoms with Crippen molar-refractivity contribution in [1.82, 2.24) is 24.8 Å². The highest BCUT2D eigenvalue weighted by atomic mass is 79.9. The van der Waals surface area contributed by atoms with Crippen LogP contribution in [0.1, 0.15) is 45.5 Å². The topological polar surface area (TPSA) is 46.0 Å². The van der Waals surface area contributed by atoms with E-state index in [9.17, 15) is 0 Å². The molecule has 5 nitrogen and oxygen atoms in total. The number of hydrogen-bond acceptors (Lipinski definition) is 4. The quantitative estimate of drug-likeness (QED) is 0.885. The van der Waals surface area contributed by atoms with Gasteiger partial charge in [-0.3, -0.25) is 4.90 Å². The normalized spacial score (nSPS) is 24.2. The SMILES string of the molecule is CCCC(c1nc2cc(Br)cnc2n1C)N1C[C@@H](C)N[C@@H](C)C1. The zero-order valence-corrected chi connectivity index (χ0v) is 16.0. The fourth-order valence-electron chi connectivity index (χ4n) is 3.74. The minimum absolute atomic E-state index is 0.352. The molecule has 2 aromatic rings. The van der Waals surface area contributed by atoms with Gasteiger partial charge in [-0.2, -0.15) is 0 Å². The van der Waals surface area contributed by atoms with Gasteiger partial charge in [0.25, 0.3) is 0 Å². The molecule has 0 amide bonds. The van der Waals surface area contributed by atoms with Gasteiger partial charge in [-0.1, -0.05) is 13.3 Å². The maximum atomic E-state index is 4.93. The van der Waals surface area contributed by atoms with Gasteiger partial charge < -0.3 is 9.88 Å². The van der Waals surface area contributed by atoms with Crippen molar-refractivity contribution in [2.24, 2.45) is 7.05 Å². The van der Waals surface area contributed by atoms with E-state index in [1.165, 1.54) is 0 Å². The summed E-state index contributed by atoms with van der Waals surface area (Å²) in [6.45, 7) is 8.91. The van der Waals surface area contributed by atoms with E-state index < -0.39 is 0 Å². The van der Waals surface area contributed by atoms with Crippen molar-refractivity contribution in [3.8, 4) is 0 Å². The lowest BCUT2D eigenvalue weighted by Crippen LogP contribution is -2.55. The first-order valence-corrected chi connectivity index (χ1v) is 9.26. The number of nitrogens with zero attached hydrogens (tertiary/aromatic N) is 4. The van der Waals surface area contributed by atoms with Crippen molar-refractivity contribution in [3.05, 3.63) is 22.6 Å². The number of halogens is 1. The van der Waals surface area contributed by atoms with Crippen LogP contribution in [-0.4, -0.2) is 44.6 Å². The predicted octanol–water partition coefficient (Wildman–Crippen LogP) is 3.25. The van der Waals surface area contributed by atoms with Gasteiger partial charge in [0.05, 0.1) is 6.04 Å². The number of aryl methyl sites for hydroxylation is 1. The number of fused-ring (bicyclic) bond motifs is 1. The average Bonchev–Trinajstić information content (AvgIpc) is 2.80. The summed E-state index contributed by atoms with van der Waals surface area (Å²) in [5.74, 6) is 1.13. The third-order valence-corrected chi connectivity index (χ3v) is 5.03. The van der Waals surface area contributed by atoms with Crippen LogP contribution < -0.4 is 5.32 Å². The first-order chi connectivity index (χ1) is 11.0. The summed E-state index contributed by atoms with van der Waals surface area (Å²) >= 11 is 3.50. The van der Waals surface area contributed by atoms with Crippen molar-refractivity contribution in [1.29, 1.82) is 0 Å². The Labute approximate surface area is 146 Å². The van der Waals surface area contributed by atoms with Crippen molar-refractivity contribution in [2.45, 2.75) is 51.7 Å². The molecule has 0 bridgehead atoms. The van der Waals surface area contributed by atoms with Crippen molar-refractivity contribution < 1.29 is 0 Å². The van der Waals surface area contributed by atoms with Crippen LogP contribution >= 0.6 is 15.9 Å². The molecule has 0 radical (unpaired) electrons. The minimum Gasteiger partial charge on any atom is -0.315 e. The highest BCUT2D eigenvalue weighted by Crippen LogP contribution is 2.29. The summed E-state index contributed by atoms with van der Waals surface area (Å²) in [6.07, 6.45) is 4.12. The minimum atomic E-state index is 0.352. The highest BCUT2D eigenvalue weighted by Gasteiger charge is 2.30. The molecule has 1 saturated heterocycles. The van der Waals surface area contributed by atoms with E-state index in [1.807, 2.05) is 6.20 Å². The van der Waals surface area contributed by atoms with E-state index in [0.717, 1.165) is 47.4 Å². The van der Waals surface area contributed by atoms with Crippen molar-refractivity contribution >= 4 is 27.1 Å². The second-order valence-corrected chi connectivity index (χ2v) is 7.67. The molecular formula is C17H26BrN5. The molecule has 3 heterocycles. The summed E-state index contributed by atoms with van der Waals surface area (Å²) in [7, 11) is 2.09. The Bertz CT molecular complexity index is 673. The number of rotatable bonds is 4. The Kier molecular flexibility index (Phi) is 5.04. The highest BCUT2D eigenvalue weighted by molar-refractivity contribution is 9.10. The van der Waals surface area contributed by atoms with Crippen molar-refractivity contribution in [3.63, 3.8) is 0 Å². The Hall–Kier alpha value is -0.980. The van der Waals surface area contributed by atoms with Crippen LogP contribution in [0.25, 0.3) is 11.2 Å². The molecule has 3 rings (SSSR count). The predicted molar refractivity (Wildman–Crippen MR) is 97.5 cm³/mol. The molecular weight excluding hydrogens is 354 g/mol. The number of piperazine rings is 1. The zero-order valence-electron chi connectivity index (χ0n) is 14.4. The van der Waals surface area contributed by atoms with Crippen LogP contribution in [0.3, 0.4) is 0 Å². The molecule has 126 valence electrons. The number of nitrogens with one attached hydrogen (secondary N) is 1. The number of pyridine rings is 1. The van der Waals surface area contributed by atoms with Crippen molar-refractivity contribution in [2.75, 3.05) is 13.1 Å². The maximum Gasteiger partial charge on any atom is 0.159 e. The van der Waals surface area contributed by atoms with Crippen LogP contribution in [0.15, 0.2) is 16.7 Å². The molecule has 1 aliphatic heterocycles. The van der Waals surface area contributed by atoms with Gasteiger partial charge in [0.2, 0.25) is 0 Å². The standard InChI is InChI=1S/C17H26BrN5/c1-5-6-15(23-9-11(2)20-12(3)10-23)17-21-14-7-13(18)8-19-16(14)22(17)4/h7-8,11-12,15,20H,5-6,9-10H2,1-4H3/t11-,12+,15?. The second-order valence-electron chi connectivity index (χ2n) is 6.75. The summed E-state index contributed by atoms with van der Waals surface area (Å²) in [5, 5.41) is 3.62. The first-order valence-electron chi connectivity index (χ1n) is 8.47. The zero-order chi connectivity index (χ0) is 16.6. The molecule has 0 aromatic carbocycles. The van der Waals surface area contributed by atoms with E-state index in [-0.39, 0.29) is 0 Å². The van der Waals surface area contributed by atoms with E-state index in [2.05, 4.69) is 69.6 Å². The Morgan fingerprint density at radius 3 is 2.70 bits per heavy atom. The van der Waals surface area contributed by atoms with Gasteiger partial charge in [-0.15, -0.1) is 0 Å². The Morgan fingerprint density at radius 1 is 1.35 bits per heavy atom. The molecule has 0 aliphatic carbocycles. The van der Waals surface area contributed by atoms with E-state index in [1.54, 1.807) is 0 Å². The largest absolute Gasteiger partial charge is 0.315 e. The average molecular weight is 380 g/mol. The smallest absolute Gasteiger partial charge is 0.159 e. The van der Waals surface area contributed by atoms with Gasteiger partial charge in [0, 0.05) is 42.9 Å². The summed E-state index contributed by atoms with van der Waals surface area (Å²) in [6, 6.07) is 3.43. The molecule has 2 aromatic heterocycles. The van der Waals surface area contributed by atoms with Crippen LogP contribution in [0, 0.1) is 0 Å². The van der Waals surface area contributed by atoms with E-state index >= 15 is 0 Å². The summed E-state index contributed by atoms with van der Waals surface area (Å²) in [5.41, 5.74) is 1.93. The fourth-order valence-corrected chi connectivity index (χ4v) is 4.06. The molecule has 1 fully saturated rings. The van der Waals surface area contributed by atoms with Crippen LogP contribution in [0.2, 0.25) is 0 Å². The summed E-state index contributed by atoms with van der Waals surface area (Å²) < 4.78 is 3.14. The first kappa shape index (κ1) is 16.9. The van der Waals surface area contributed by atoms with Crippen LogP contribution in [-0.2, 0) is 7.05 Å². The molecule has 1 aliphatic rings. The third kappa shape index (κ3) is 3.44. The molecule has 6 heteroatoms. The lowest BCUT2D eigenvalue weighted by molar-refractivity contribution is 0.110. The van der Waals surface area contributed by atoms with E-state index in [4.69, 9.17) is 4.98 Å². The molecule has 1 N–H and O–H groups in total. The maximum absolute atomic E-state index is 4.93. The number of imidazole rings is 1. The molecule has 1 unspecified atom stereocenters. The van der Waals surface area contributed by atoms with Gasteiger partial charge in [-0.25, -0.2) is 9.97 Å². The lowest BCUT2D eigenvalue weighted by atomic mass is 10.0. The molecule has 0 spiro atoms. The summed E-state index contributed by atoms with van der Waals surface area (Å²) in [4.78, 5) is 12.1.